The number of carbonyl (C=O) groups is 1. The van der Waals surface area contributed by atoms with Crippen LogP contribution in [0, 0.1) is 0 Å². The van der Waals surface area contributed by atoms with Gasteiger partial charge in [-0.2, -0.15) is 0 Å². The third-order valence-electron chi connectivity index (χ3n) is 3.65. The molecule has 0 fully saturated rings. The van der Waals surface area contributed by atoms with Crippen LogP contribution in [0.4, 0.5) is 0 Å². The highest BCUT2D eigenvalue weighted by Crippen LogP contribution is 2.23. The van der Waals surface area contributed by atoms with Gasteiger partial charge in [0.1, 0.15) is 11.3 Å². The van der Waals surface area contributed by atoms with Crippen LogP contribution in [-0.4, -0.2) is 12.5 Å². The van der Waals surface area contributed by atoms with E-state index in [1.807, 2.05) is 48.5 Å². The molecule has 0 aliphatic heterocycles. The molecule has 5 heteroatoms. The Morgan fingerprint density at radius 1 is 1.17 bits per heavy atom. The molecule has 0 saturated carbocycles. The summed E-state index contributed by atoms with van der Waals surface area (Å²) >= 11 is 3.43. The fourth-order valence-corrected chi connectivity index (χ4v) is 2.77. The highest BCUT2D eigenvalue weighted by molar-refractivity contribution is 9.10. The Bertz CT molecular complexity index is 828. The first-order valence-corrected chi connectivity index (χ1v) is 8.62. The van der Waals surface area contributed by atoms with Crippen molar-refractivity contribution >= 4 is 32.8 Å². The third kappa shape index (κ3) is 4.38. The first kappa shape index (κ1) is 16.6. The Morgan fingerprint density at radius 2 is 2.04 bits per heavy atom. The predicted molar refractivity (Wildman–Crippen MR) is 96.9 cm³/mol. The van der Waals surface area contributed by atoms with Crippen LogP contribution in [0.3, 0.4) is 0 Å². The van der Waals surface area contributed by atoms with Gasteiger partial charge in [0, 0.05) is 18.4 Å². The second-order valence-electron chi connectivity index (χ2n) is 5.45. The van der Waals surface area contributed by atoms with Crippen molar-refractivity contribution in [2.45, 2.75) is 19.4 Å². The molecule has 2 aromatic carbocycles. The summed E-state index contributed by atoms with van der Waals surface area (Å²) in [7, 11) is 0. The smallest absolute Gasteiger partial charge is 0.220 e. The average molecular weight is 388 g/mol. The van der Waals surface area contributed by atoms with Crippen molar-refractivity contribution in [2.75, 3.05) is 6.61 Å². The maximum Gasteiger partial charge on any atom is 0.220 e. The maximum atomic E-state index is 11.9. The van der Waals surface area contributed by atoms with Crippen molar-refractivity contribution in [1.82, 2.24) is 5.32 Å². The molecule has 124 valence electrons. The largest absolute Gasteiger partial charge is 0.492 e. The van der Waals surface area contributed by atoms with E-state index in [0.29, 0.717) is 26.0 Å². The molecule has 0 unspecified atom stereocenters. The van der Waals surface area contributed by atoms with Crippen molar-refractivity contribution in [3.05, 3.63) is 64.8 Å². The molecular weight excluding hydrogens is 370 g/mol. The fraction of sp³-hybridized carbons (Fsp3) is 0.211. The summed E-state index contributed by atoms with van der Waals surface area (Å²) in [6, 6.07) is 15.5. The lowest BCUT2D eigenvalue weighted by molar-refractivity contribution is -0.121. The van der Waals surface area contributed by atoms with Crippen LogP contribution in [-0.2, 0) is 11.3 Å². The Morgan fingerprint density at radius 3 is 2.92 bits per heavy atom. The number of hydrogen-bond donors (Lipinski definition) is 1. The topological polar surface area (TPSA) is 51.5 Å². The van der Waals surface area contributed by atoms with E-state index in [4.69, 9.17) is 9.15 Å². The zero-order chi connectivity index (χ0) is 16.8. The van der Waals surface area contributed by atoms with Crippen LogP contribution in [0.5, 0.6) is 5.75 Å². The standard InChI is InChI=1S/C19H18BrNO3/c20-16-4-1-2-5-17(16)23-10-3-6-19(22)21-13-14-7-8-15-9-11-24-18(15)12-14/h1-2,4-5,7-9,11-12H,3,6,10,13H2,(H,21,22). The number of halogens is 1. The molecule has 0 atom stereocenters. The number of para-hydroxylation sites is 1. The molecule has 3 aromatic rings. The maximum absolute atomic E-state index is 11.9. The molecule has 1 amide bonds. The third-order valence-corrected chi connectivity index (χ3v) is 4.31. The minimum absolute atomic E-state index is 0.0188. The van der Waals surface area contributed by atoms with E-state index >= 15 is 0 Å². The minimum Gasteiger partial charge on any atom is -0.492 e. The van der Waals surface area contributed by atoms with Crippen molar-refractivity contribution in [3.8, 4) is 5.75 Å². The van der Waals surface area contributed by atoms with E-state index in [9.17, 15) is 4.79 Å². The second-order valence-corrected chi connectivity index (χ2v) is 6.31. The number of fused-ring (bicyclic) bond motifs is 1. The Hall–Kier alpha value is -2.27. The monoisotopic (exact) mass is 387 g/mol. The van der Waals surface area contributed by atoms with Gasteiger partial charge in [-0.1, -0.05) is 24.3 Å². The number of nitrogens with one attached hydrogen (secondary N) is 1. The fourth-order valence-electron chi connectivity index (χ4n) is 2.37. The molecule has 0 saturated heterocycles. The van der Waals surface area contributed by atoms with E-state index in [0.717, 1.165) is 26.8 Å². The normalized spacial score (nSPS) is 10.7. The predicted octanol–water partition coefficient (Wildman–Crippen LogP) is 4.67. The number of ether oxygens (including phenoxy) is 1. The Balaban J connectivity index is 1.39. The molecule has 3 rings (SSSR count). The SMILES string of the molecule is O=C(CCCOc1ccccc1Br)NCc1ccc2ccoc2c1. The van der Waals surface area contributed by atoms with Crippen LogP contribution in [0.15, 0.2) is 63.7 Å². The van der Waals surface area contributed by atoms with Gasteiger partial charge < -0.3 is 14.5 Å². The number of rotatable bonds is 7. The molecule has 0 bridgehead atoms. The second kappa shape index (κ2) is 8.02. The van der Waals surface area contributed by atoms with Crippen molar-refractivity contribution < 1.29 is 13.9 Å². The molecular formula is C19H18BrNO3. The van der Waals surface area contributed by atoms with Crippen molar-refractivity contribution in [2.24, 2.45) is 0 Å². The quantitative estimate of drug-likeness (QED) is 0.599. The van der Waals surface area contributed by atoms with Crippen LogP contribution >= 0.6 is 15.9 Å². The number of carbonyl (C=O) groups excluding carboxylic acids is 1. The van der Waals surface area contributed by atoms with Gasteiger partial charge in [-0.05, 0) is 52.2 Å². The van der Waals surface area contributed by atoms with Crippen molar-refractivity contribution in [3.63, 3.8) is 0 Å². The number of amides is 1. The van der Waals surface area contributed by atoms with Crippen LogP contribution in [0.1, 0.15) is 18.4 Å². The van der Waals surface area contributed by atoms with Gasteiger partial charge in [0.15, 0.2) is 0 Å². The van der Waals surface area contributed by atoms with E-state index < -0.39 is 0 Å². The van der Waals surface area contributed by atoms with Gasteiger partial charge in [-0.25, -0.2) is 0 Å². The molecule has 0 spiro atoms. The minimum atomic E-state index is 0.0188. The Kier molecular flexibility index (Phi) is 5.54. The number of benzene rings is 2. The lowest BCUT2D eigenvalue weighted by atomic mass is 10.1. The molecule has 0 aliphatic carbocycles. The zero-order valence-electron chi connectivity index (χ0n) is 13.1. The molecule has 1 N–H and O–H groups in total. The lowest BCUT2D eigenvalue weighted by Gasteiger charge is -2.08. The van der Waals surface area contributed by atoms with Gasteiger partial charge in [-0.3, -0.25) is 4.79 Å². The lowest BCUT2D eigenvalue weighted by Crippen LogP contribution is -2.22. The first-order chi connectivity index (χ1) is 11.7. The molecule has 24 heavy (non-hydrogen) atoms. The van der Waals surface area contributed by atoms with E-state index in [2.05, 4.69) is 21.2 Å². The summed E-state index contributed by atoms with van der Waals surface area (Å²) in [5.74, 6) is 0.815. The van der Waals surface area contributed by atoms with Gasteiger partial charge in [0.2, 0.25) is 5.91 Å². The Labute approximate surface area is 148 Å². The zero-order valence-corrected chi connectivity index (χ0v) is 14.7. The molecule has 0 aliphatic rings. The summed E-state index contributed by atoms with van der Waals surface area (Å²) in [6.07, 6.45) is 2.77. The molecule has 1 aromatic heterocycles. The number of furan rings is 1. The average Bonchev–Trinajstić information content (AvgIpc) is 3.06. The van der Waals surface area contributed by atoms with Crippen LogP contribution in [0.2, 0.25) is 0 Å². The van der Waals surface area contributed by atoms with E-state index in [1.165, 1.54) is 0 Å². The van der Waals surface area contributed by atoms with Gasteiger partial charge >= 0.3 is 0 Å². The highest BCUT2D eigenvalue weighted by atomic mass is 79.9. The van der Waals surface area contributed by atoms with Crippen molar-refractivity contribution in [1.29, 1.82) is 0 Å². The summed E-state index contributed by atoms with van der Waals surface area (Å²) < 4.78 is 11.9. The summed E-state index contributed by atoms with van der Waals surface area (Å²) in [6.45, 7) is 1.01. The van der Waals surface area contributed by atoms with Crippen LogP contribution < -0.4 is 10.1 Å². The molecule has 0 radical (unpaired) electrons. The summed E-state index contributed by atoms with van der Waals surface area (Å²) in [5, 5.41) is 3.98. The van der Waals surface area contributed by atoms with Gasteiger partial charge in [-0.15, -0.1) is 0 Å². The van der Waals surface area contributed by atoms with E-state index in [1.54, 1.807) is 6.26 Å². The molecule has 1 heterocycles. The van der Waals surface area contributed by atoms with Gasteiger partial charge in [0.25, 0.3) is 0 Å². The van der Waals surface area contributed by atoms with Crippen LogP contribution in [0.25, 0.3) is 11.0 Å². The summed E-state index contributed by atoms with van der Waals surface area (Å²) in [4.78, 5) is 11.9. The van der Waals surface area contributed by atoms with Gasteiger partial charge in [0.05, 0.1) is 17.3 Å². The highest BCUT2D eigenvalue weighted by Gasteiger charge is 2.04. The number of hydrogen-bond acceptors (Lipinski definition) is 3. The molecule has 4 nitrogen and oxygen atoms in total. The van der Waals surface area contributed by atoms with E-state index in [-0.39, 0.29) is 5.91 Å². The first-order valence-electron chi connectivity index (χ1n) is 7.82. The summed E-state index contributed by atoms with van der Waals surface area (Å²) in [5.41, 5.74) is 1.86.